The van der Waals surface area contributed by atoms with Gasteiger partial charge in [0.05, 0.1) is 10.0 Å². The fourth-order valence-corrected chi connectivity index (χ4v) is 1.95. The van der Waals surface area contributed by atoms with Gasteiger partial charge in [0.15, 0.2) is 0 Å². The molecule has 1 rings (SSSR count). The molecule has 0 saturated carbocycles. The Morgan fingerprint density at radius 3 is 2.48 bits per heavy atom. The first-order chi connectivity index (χ1) is 9.56. The van der Waals surface area contributed by atoms with E-state index < -0.39 is 0 Å². The van der Waals surface area contributed by atoms with Crippen molar-refractivity contribution in [3.8, 4) is 0 Å². The molecule has 0 fully saturated rings. The Balaban J connectivity index is 0.00000400. The molecule has 118 valence electrons. The number of hydrogen-bond donors (Lipinski definition) is 0. The minimum Gasteiger partial charge on any atom is -0.461 e. The second-order valence-electron chi connectivity index (χ2n) is 4.20. The number of carbonyl (C=O) groups excluding carboxylic acids is 1. The Labute approximate surface area is 142 Å². The number of hydrogen-bond acceptors (Lipinski definition) is 3. The first kappa shape index (κ1) is 20.3. The number of likely N-dealkylation sites (N-methyl/N-ethyl adjacent to an activating group) is 1. The predicted molar refractivity (Wildman–Crippen MR) is 91.5 cm³/mol. The minimum absolute atomic E-state index is 0. The molecule has 0 radical (unpaired) electrons. The minimum atomic E-state index is -0.358. The molecule has 0 bridgehead atoms. The second kappa shape index (κ2) is 10.9. The molecule has 1 aromatic rings. The summed E-state index contributed by atoms with van der Waals surface area (Å²) in [5, 5.41) is 0.953. The van der Waals surface area contributed by atoms with Gasteiger partial charge in [0.1, 0.15) is 6.61 Å². The number of halogens is 3. The fourth-order valence-electron chi connectivity index (χ4n) is 1.64. The van der Waals surface area contributed by atoms with Gasteiger partial charge in [-0.05, 0) is 36.9 Å². The lowest BCUT2D eigenvalue weighted by molar-refractivity contribution is -0.138. The van der Waals surface area contributed by atoms with Gasteiger partial charge in [-0.2, -0.15) is 0 Å². The van der Waals surface area contributed by atoms with E-state index in [1.807, 2.05) is 0 Å². The van der Waals surface area contributed by atoms with Gasteiger partial charge >= 0.3 is 5.97 Å². The molecule has 0 spiro atoms. The van der Waals surface area contributed by atoms with Crippen LogP contribution in [0, 0.1) is 0 Å². The molecule has 0 N–H and O–H groups in total. The highest BCUT2D eigenvalue weighted by Gasteiger charge is 2.02. The van der Waals surface area contributed by atoms with Gasteiger partial charge in [-0.1, -0.05) is 43.1 Å². The molecule has 0 unspecified atom stereocenters. The number of esters is 1. The summed E-state index contributed by atoms with van der Waals surface area (Å²) in [5.41, 5.74) is 0.806. The van der Waals surface area contributed by atoms with Crippen LogP contribution in [0.15, 0.2) is 24.3 Å². The molecule has 0 aliphatic heterocycles. The van der Waals surface area contributed by atoms with Crippen molar-refractivity contribution in [2.24, 2.45) is 0 Å². The van der Waals surface area contributed by atoms with E-state index in [0.29, 0.717) is 16.7 Å². The highest BCUT2D eigenvalue weighted by Crippen LogP contribution is 2.23. The summed E-state index contributed by atoms with van der Waals surface area (Å²) in [7, 11) is 0. The zero-order chi connectivity index (χ0) is 15.0. The molecule has 0 saturated heterocycles. The van der Waals surface area contributed by atoms with Crippen LogP contribution in [-0.4, -0.2) is 37.1 Å². The largest absolute Gasteiger partial charge is 0.461 e. The van der Waals surface area contributed by atoms with Crippen molar-refractivity contribution in [3.63, 3.8) is 0 Å². The lowest BCUT2D eigenvalue weighted by Crippen LogP contribution is -2.27. The molecule has 0 amide bonds. The third-order valence-electron chi connectivity index (χ3n) is 2.90. The smallest absolute Gasteiger partial charge is 0.330 e. The Kier molecular flexibility index (Phi) is 10.5. The van der Waals surface area contributed by atoms with E-state index in [-0.39, 0.29) is 18.4 Å². The maximum atomic E-state index is 11.5. The molecule has 0 heterocycles. The zero-order valence-electron chi connectivity index (χ0n) is 12.1. The van der Waals surface area contributed by atoms with Crippen LogP contribution in [0.1, 0.15) is 19.4 Å². The molecule has 0 atom stereocenters. The van der Waals surface area contributed by atoms with Gasteiger partial charge in [-0.3, -0.25) is 0 Å². The monoisotopic (exact) mass is 351 g/mol. The summed E-state index contributed by atoms with van der Waals surface area (Å²) in [5.74, 6) is -0.358. The topological polar surface area (TPSA) is 29.5 Å². The van der Waals surface area contributed by atoms with Crippen LogP contribution >= 0.6 is 35.6 Å². The van der Waals surface area contributed by atoms with Crippen LogP contribution in [0.3, 0.4) is 0 Å². The average molecular weight is 353 g/mol. The standard InChI is InChI=1S/C15H19Cl2NO2.ClH/c1-3-18(4-2)9-10-20-15(19)8-6-12-5-7-13(16)14(17)11-12;/h5-8,11H,3-4,9-10H2,1-2H3;1H/b8-6+;. The van der Waals surface area contributed by atoms with Gasteiger partial charge in [0.25, 0.3) is 0 Å². The lowest BCUT2D eigenvalue weighted by atomic mass is 10.2. The summed E-state index contributed by atoms with van der Waals surface area (Å²) >= 11 is 11.7. The molecule has 0 aliphatic rings. The quantitative estimate of drug-likeness (QED) is 0.541. The molecule has 21 heavy (non-hydrogen) atoms. The van der Waals surface area contributed by atoms with Crippen LogP contribution < -0.4 is 0 Å². The number of carbonyl (C=O) groups is 1. The van der Waals surface area contributed by atoms with Gasteiger partial charge in [-0.15, -0.1) is 12.4 Å². The summed E-state index contributed by atoms with van der Waals surface area (Å²) in [6.45, 7) is 7.21. The number of nitrogens with zero attached hydrogens (tertiary/aromatic N) is 1. The van der Waals surface area contributed by atoms with E-state index in [0.717, 1.165) is 25.2 Å². The van der Waals surface area contributed by atoms with Gasteiger partial charge in [-0.25, -0.2) is 4.79 Å². The van der Waals surface area contributed by atoms with Crippen molar-refractivity contribution < 1.29 is 9.53 Å². The van der Waals surface area contributed by atoms with E-state index in [1.165, 1.54) is 6.08 Å². The van der Waals surface area contributed by atoms with Crippen molar-refractivity contribution in [3.05, 3.63) is 39.9 Å². The van der Waals surface area contributed by atoms with Crippen LogP contribution in [0.4, 0.5) is 0 Å². The Hall–Kier alpha value is -0.740. The molecular formula is C15H20Cl3NO2. The first-order valence-corrected chi connectivity index (χ1v) is 7.34. The van der Waals surface area contributed by atoms with Gasteiger partial charge in [0, 0.05) is 12.6 Å². The molecule has 0 aliphatic carbocycles. The summed E-state index contributed by atoms with van der Waals surface area (Å²) in [4.78, 5) is 13.7. The maximum absolute atomic E-state index is 11.5. The summed E-state index contributed by atoms with van der Waals surface area (Å²) in [6.07, 6.45) is 3.05. The second-order valence-corrected chi connectivity index (χ2v) is 5.02. The van der Waals surface area contributed by atoms with Gasteiger partial charge < -0.3 is 9.64 Å². The molecule has 3 nitrogen and oxygen atoms in total. The van der Waals surface area contributed by atoms with Crippen molar-refractivity contribution in [2.45, 2.75) is 13.8 Å². The fraction of sp³-hybridized carbons (Fsp3) is 0.400. The summed E-state index contributed by atoms with van der Waals surface area (Å²) < 4.78 is 5.13. The maximum Gasteiger partial charge on any atom is 0.330 e. The SMILES string of the molecule is CCN(CC)CCOC(=O)/C=C/c1ccc(Cl)c(Cl)c1.Cl. The highest BCUT2D eigenvalue weighted by atomic mass is 35.5. The van der Waals surface area contributed by atoms with Crippen LogP contribution in [0.2, 0.25) is 10.0 Å². The van der Waals surface area contributed by atoms with E-state index in [9.17, 15) is 4.79 Å². The molecule has 1 aromatic carbocycles. The number of rotatable bonds is 7. The first-order valence-electron chi connectivity index (χ1n) is 6.59. The van der Waals surface area contributed by atoms with E-state index in [2.05, 4.69) is 18.7 Å². The summed E-state index contributed by atoms with van der Waals surface area (Å²) in [6, 6.07) is 5.17. The van der Waals surface area contributed by atoms with Crippen LogP contribution in [0.5, 0.6) is 0 Å². The predicted octanol–water partition coefficient (Wildman–Crippen LogP) is 4.31. The lowest BCUT2D eigenvalue weighted by Gasteiger charge is -2.16. The van der Waals surface area contributed by atoms with Crippen LogP contribution in [0.25, 0.3) is 6.08 Å². The third-order valence-corrected chi connectivity index (χ3v) is 3.64. The molecular weight excluding hydrogens is 333 g/mol. The van der Waals surface area contributed by atoms with Gasteiger partial charge in [0.2, 0.25) is 0 Å². The Morgan fingerprint density at radius 2 is 1.90 bits per heavy atom. The molecule has 6 heteroatoms. The highest BCUT2D eigenvalue weighted by molar-refractivity contribution is 6.42. The molecule has 0 aromatic heterocycles. The Bertz CT molecular complexity index is 474. The van der Waals surface area contributed by atoms with Crippen molar-refractivity contribution in [2.75, 3.05) is 26.2 Å². The van der Waals surface area contributed by atoms with Crippen molar-refractivity contribution in [1.82, 2.24) is 4.90 Å². The average Bonchev–Trinajstić information content (AvgIpc) is 2.45. The number of ether oxygens (including phenoxy) is 1. The van der Waals surface area contributed by atoms with Crippen molar-refractivity contribution in [1.29, 1.82) is 0 Å². The van der Waals surface area contributed by atoms with E-state index in [4.69, 9.17) is 27.9 Å². The Morgan fingerprint density at radius 1 is 1.24 bits per heavy atom. The van der Waals surface area contributed by atoms with E-state index in [1.54, 1.807) is 24.3 Å². The van der Waals surface area contributed by atoms with E-state index >= 15 is 0 Å². The van der Waals surface area contributed by atoms with Crippen LogP contribution in [-0.2, 0) is 9.53 Å². The normalized spacial score (nSPS) is 10.7. The third kappa shape index (κ3) is 7.72. The number of benzene rings is 1. The zero-order valence-corrected chi connectivity index (χ0v) is 14.5. The van der Waals surface area contributed by atoms with Crippen molar-refractivity contribution >= 4 is 47.7 Å².